The third-order valence-corrected chi connectivity index (χ3v) is 5.11. The van der Waals surface area contributed by atoms with E-state index >= 15 is 0 Å². The number of carbonyl (C=O) groups is 1. The maximum atomic E-state index is 12.7. The van der Waals surface area contributed by atoms with Crippen LogP contribution in [0.3, 0.4) is 0 Å². The maximum absolute atomic E-state index is 12.7. The Bertz CT molecular complexity index is 1050. The lowest BCUT2D eigenvalue weighted by Crippen LogP contribution is -2.38. The van der Waals surface area contributed by atoms with Crippen molar-refractivity contribution < 1.29 is 18.8 Å². The second kappa shape index (κ2) is 9.05. The van der Waals surface area contributed by atoms with Crippen molar-refractivity contribution >= 4 is 17.5 Å². The molecule has 1 aliphatic heterocycles. The van der Waals surface area contributed by atoms with Crippen LogP contribution >= 0.6 is 11.6 Å². The first kappa shape index (κ1) is 20.0. The zero-order valence-corrected chi connectivity index (χ0v) is 17.1. The zero-order valence-electron chi connectivity index (χ0n) is 16.3. The monoisotopic (exact) mass is 424 g/mol. The van der Waals surface area contributed by atoms with Crippen LogP contribution in [0.1, 0.15) is 11.3 Å². The van der Waals surface area contributed by atoms with E-state index in [0.717, 1.165) is 22.6 Å². The van der Waals surface area contributed by atoms with Crippen molar-refractivity contribution in [1.82, 2.24) is 10.1 Å². The van der Waals surface area contributed by atoms with Crippen LogP contribution in [0.5, 0.6) is 11.5 Å². The summed E-state index contributed by atoms with van der Waals surface area (Å²) in [7, 11) is 0. The number of carbonyl (C=O) groups excluding carboxylic acids is 1. The minimum atomic E-state index is -0.116. The maximum Gasteiger partial charge on any atom is 0.260 e. The number of benzene rings is 2. The van der Waals surface area contributed by atoms with E-state index in [-0.39, 0.29) is 12.5 Å². The van der Waals surface area contributed by atoms with Crippen molar-refractivity contribution in [1.29, 1.82) is 0 Å². The summed E-state index contributed by atoms with van der Waals surface area (Å²) in [5.74, 6) is 1.72. The lowest BCUT2D eigenvalue weighted by Gasteiger charge is -2.26. The van der Waals surface area contributed by atoms with E-state index in [2.05, 4.69) is 11.7 Å². The van der Waals surface area contributed by atoms with Crippen molar-refractivity contribution in [3.8, 4) is 22.8 Å². The molecule has 0 N–H and O–H groups in total. The number of rotatable bonds is 7. The van der Waals surface area contributed by atoms with Gasteiger partial charge >= 0.3 is 0 Å². The van der Waals surface area contributed by atoms with Crippen LogP contribution in [0.4, 0.5) is 0 Å². The smallest absolute Gasteiger partial charge is 0.260 e. The normalized spacial score (nSPS) is 12.9. The standard InChI is InChI=1S/C23H21ClN2O4/c1-2-13-28-20-5-3-4-6-21(20)29-15-22(27)26-12-11-18-19(14-26)25-30-23(18)16-7-9-17(24)10-8-16/h2-10H,1,11-15H2. The molecule has 0 saturated carbocycles. The molecule has 3 aromatic rings. The van der Waals surface area contributed by atoms with Crippen LogP contribution in [-0.2, 0) is 17.8 Å². The van der Waals surface area contributed by atoms with Crippen molar-refractivity contribution in [2.24, 2.45) is 0 Å². The zero-order chi connectivity index (χ0) is 20.9. The minimum absolute atomic E-state index is 0.0777. The molecule has 2 heterocycles. The highest BCUT2D eigenvalue weighted by Crippen LogP contribution is 2.31. The molecule has 1 aromatic heterocycles. The van der Waals surface area contributed by atoms with E-state index in [0.29, 0.717) is 42.6 Å². The molecular formula is C23H21ClN2O4. The van der Waals surface area contributed by atoms with Gasteiger partial charge in [0.1, 0.15) is 12.3 Å². The van der Waals surface area contributed by atoms with E-state index < -0.39 is 0 Å². The summed E-state index contributed by atoms with van der Waals surface area (Å²) in [4.78, 5) is 14.4. The van der Waals surface area contributed by atoms with E-state index in [1.807, 2.05) is 36.4 Å². The number of para-hydroxylation sites is 2. The first-order valence-electron chi connectivity index (χ1n) is 9.62. The van der Waals surface area contributed by atoms with Crippen LogP contribution < -0.4 is 9.47 Å². The first-order chi connectivity index (χ1) is 14.7. The Morgan fingerprint density at radius 3 is 2.63 bits per heavy atom. The van der Waals surface area contributed by atoms with Gasteiger partial charge in [-0.3, -0.25) is 4.79 Å². The van der Waals surface area contributed by atoms with Crippen LogP contribution in [-0.4, -0.2) is 35.7 Å². The molecule has 0 radical (unpaired) electrons. The average molecular weight is 425 g/mol. The number of aromatic nitrogens is 1. The van der Waals surface area contributed by atoms with Gasteiger partial charge < -0.3 is 18.9 Å². The summed E-state index contributed by atoms with van der Waals surface area (Å²) in [6.45, 7) is 4.89. The number of hydrogen-bond donors (Lipinski definition) is 0. The van der Waals surface area contributed by atoms with Crippen LogP contribution in [0.2, 0.25) is 5.02 Å². The Kier molecular flexibility index (Phi) is 6.05. The first-order valence-corrected chi connectivity index (χ1v) is 10.00. The summed E-state index contributed by atoms with van der Waals surface area (Å²) in [5, 5.41) is 4.85. The fraction of sp³-hybridized carbons (Fsp3) is 0.217. The van der Waals surface area contributed by atoms with Gasteiger partial charge in [-0.1, -0.05) is 41.5 Å². The molecule has 6 nitrogen and oxygen atoms in total. The highest BCUT2D eigenvalue weighted by molar-refractivity contribution is 6.30. The van der Waals surface area contributed by atoms with Crippen molar-refractivity contribution in [2.45, 2.75) is 13.0 Å². The molecule has 0 atom stereocenters. The van der Waals surface area contributed by atoms with Gasteiger partial charge in [0.25, 0.3) is 5.91 Å². The molecule has 0 bridgehead atoms. The molecule has 4 rings (SSSR count). The summed E-state index contributed by atoms with van der Waals surface area (Å²) in [5.41, 5.74) is 2.73. The summed E-state index contributed by atoms with van der Waals surface area (Å²) >= 11 is 5.96. The van der Waals surface area contributed by atoms with Gasteiger partial charge in [-0.05, 0) is 42.8 Å². The Labute approximate surface area is 179 Å². The quantitative estimate of drug-likeness (QED) is 0.521. The third kappa shape index (κ3) is 4.33. The summed E-state index contributed by atoms with van der Waals surface area (Å²) in [6, 6.07) is 14.7. The molecule has 154 valence electrons. The predicted octanol–water partition coefficient (Wildman–Crippen LogP) is 4.52. The fourth-order valence-corrected chi connectivity index (χ4v) is 3.47. The number of ether oxygens (including phenoxy) is 2. The molecule has 0 saturated heterocycles. The van der Waals surface area contributed by atoms with Crippen molar-refractivity contribution in [2.75, 3.05) is 19.8 Å². The van der Waals surface area contributed by atoms with Gasteiger partial charge in [-0.15, -0.1) is 0 Å². The molecule has 0 unspecified atom stereocenters. The molecule has 0 spiro atoms. The molecule has 0 aliphatic carbocycles. The van der Waals surface area contributed by atoms with Crippen LogP contribution in [0.15, 0.2) is 65.7 Å². The van der Waals surface area contributed by atoms with Gasteiger partial charge in [0.15, 0.2) is 23.9 Å². The van der Waals surface area contributed by atoms with E-state index in [9.17, 15) is 4.79 Å². The van der Waals surface area contributed by atoms with E-state index in [1.54, 1.807) is 23.1 Å². The Morgan fingerprint density at radius 2 is 1.90 bits per heavy atom. The van der Waals surface area contributed by atoms with Gasteiger partial charge in [0.2, 0.25) is 0 Å². The summed E-state index contributed by atoms with van der Waals surface area (Å²) < 4.78 is 16.8. The Balaban J connectivity index is 1.40. The minimum Gasteiger partial charge on any atom is -0.486 e. The van der Waals surface area contributed by atoms with Crippen molar-refractivity contribution in [3.63, 3.8) is 0 Å². The molecule has 1 aliphatic rings. The highest BCUT2D eigenvalue weighted by Gasteiger charge is 2.27. The largest absolute Gasteiger partial charge is 0.486 e. The van der Waals surface area contributed by atoms with Gasteiger partial charge in [0, 0.05) is 22.7 Å². The van der Waals surface area contributed by atoms with Crippen LogP contribution in [0.25, 0.3) is 11.3 Å². The van der Waals surface area contributed by atoms with E-state index in [4.69, 9.17) is 25.6 Å². The fourth-order valence-electron chi connectivity index (χ4n) is 3.34. The molecule has 7 heteroatoms. The second-order valence-electron chi connectivity index (χ2n) is 6.84. The lowest BCUT2D eigenvalue weighted by atomic mass is 10.0. The van der Waals surface area contributed by atoms with Gasteiger partial charge in [-0.2, -0.15) is 0 Å². The SMILES string of the molecule is C=CCOc1ccccc1OCC(=O)N1CCc2c(noc2-c2ccc(Cl)cc2)C1. The molecular weight excluding hydrogens is 404 g/mol. The number of fused-ring (bicyclic) bond motifs is 1. The van der Waals surface area contributed by atoms with Crippen LogP contribution in [0, 0.1) is 0 Å². The van der Waals surface area contributed by atoms with E-state index in [1.165, 1.54) is 0 Å². The van der Waals surface area contributed by atoms with Gasteiger partial charge in [0.05, 0.1) is 6.54 Å². The summed E-state index contributed by atoms with van der Waals surface area (Å²) in [6.07, 6.45) is 2.32. The topological polar surface area (TPSA) is 64.8 Å². The number of hydrogen-bond acceptors (Lipinski definition) is 5. The Morgan fingerprint density at radius 1 is 1.17 bits per heavy atom. The Hall–Kier alpha value is -3.25. The molecule has 1 amide bonds. The molecule has 30 heavy (non-hydrogen) atoms. The lowest BCUT2D eigenvalue weighted by molar-refractivity contribution is -0.134. The highest BCUT2D eigenvalue weighted by atomic mass is 35.5. The molecule has 2 aromatic carbocycles. The predicted molar refractivity (Wildman–Crippen MR) is 114 cm³/mol. The number of nitrogens with zero attached hydrogens (tertiary/aromatic N) is 2. The average Bonchev–Trinajstić information content (AvgIpc) is 3.20. The third-order valence-electron chi connectivity index (χ3n) is 4.86. The number of halogens is 1. The van der Waals surface area contributed by atoms with Crippen molar-refractivity contribution in [3.05, 3.63) is 77.5 Å². The van der Waals surface area contributed by atoms with Gasteiger partial charge in [-0.25, -0.2) is 0 Å². The second-order valence-corrected chi connectivity index (χ2v) is 7.28. The molecule has 0 fully saturated rings. The number of amides is 1.